The normalized spacial score (nSPS) is 10.5. The summed E-state index contributed by atoms with van der Waals surface area (Å²) in [5.41, 5.74) is -0.457. The van der Waals surface area contributed by atoms with Gasteiger partial charge in [0.05, 0.1) is 5.60 Å². The van der Waals surface area contributed by atoms with Gasteiger partial charge in [0.25, 0.3) is 0 Å². The summed E-state index contributed by atoms with van der Waals surface area (Å²) < 4.78 is 2.09. The van der Waals surface area contributed by atoms with Crippen molar-refractivity contribution in [1.29, 1.82) is 0 Å². The molecule has 0 heterocycles. The monoisotopic (exact) mass is 400 g/mol. The summed E-state index contributed by atoms with van der Waals surface area (Å²) in [6, 6.07) is 0. The van der Waals surface area contributed by atoms with E-state index in [1.165, 1.54) is 0 Å². The van der Waals surface area contributed by atoms with E-state index in [0.29, 0.717) is 6.61 Å². The molecule has 0 aromatic carbocycles. The molecule has 0 rings (SSSR count). The van der Waals surface area contributed by atoms with Crippen molar-refractivity contribution < 1.29 is 10.2 Å². The molecule has 2 N–H and O–H groups in total. The Morgan fingerprint density at radius 3 is 1.67 bits per heavy atom. The van der Waals surface area contributed by atoms with E-state index in [2.05, 4.69) is 45.2 Å². The van der Waals surface area contributed by atoms with Gasteiger partial charge in [0.1, 0.15) is 0 Å². The predicted molar refractivity (Wildman–Crippen MR) is 70.4 cm³/mol. The lowest BCUT2D eigenvalue weighted by molar-refractivity contribution is 0.0785. The Kier molecular flexibility index (Phi) is 13.8. The van der Waals surface area contributed by atoms with Crippen LogP contribution < -0.4 is 0 Å². The van der Waals surface area contributed by atoms with Crippen molar-refractivity contribution in [1.82, 2.24) is 0 Å². The molecule has 0 aliphatic carbocycles. The third kappa shape index (κ3) is 22.5. The van der Waals surface area contributed by atoms with Crippen LogP contribution in [0, 0.1) is 0 Å². The van der Waals surface area contributed by atoms with Crippen molar-refractivity contribution in [3.63, 3.8) is 0 Å². The molecule has 0 atom stereocenters. The molecule has 0 radical (unpaired) electrons. The van der Waals surface area contributed by atoms with Gasteiger partial charge in [-0.25, -0.2) is 0 Å². The Morgan fingerprint density at radius 1 is 1.17 bits per heavy atom. The predicted octanol–water partition coefficient (Wildman–Crippen LogP) is 2.39. The largest absolute Gasteiger partial charge is 0.396 e. The van der Waals surface area contributed by atoms with Gasteiger partial charge >= 0.3 is 0 Å². The first-order valence-corrected chi connectivity index (χ1v) is 6.98. The van der Waals surface area contributed by atoms with Crippen molar-refractivity contribution in [2.45, 2.75) is 32.3 Å². The lowest BCUT2D eigenvalue weighted by Crippen LogP contribution is -2.18. The topological polar surface area (TPSA) is 40.5 Å². The fourth-order valence-electron chi connectivity index (χ4n) is 0.291. The minimum Gasteiger partial charge on any atom is -0.396 e. The summed E-state index contributed by atoms with van der Waals surface area (Å²) in [6.07, 6.45) is 1.81. The van der Waals surface area contributed by atoms with Crippen LogP contribution >= 0.6 is 45.2 Å². The van der Waals surface area contributed by atoms with Gasteiger partial charge in [-0.05, 0) is 26.7 Å². The quantitative estimate of drug-likeness (QED) is 0.563. The molecular weight excluding hydrogens is 382 g/mol. The molecule has 76 valence electrons. The number of aliphatic hydroxyl groups excluding tert-OH is 1. The van der Waals surface area contributed by atoms with E-state index in [4.69, 9.17) is 10.2 Å². The molecule has 0 amide bonds. The summed E-state index contributed by atoms with van der Waals surface area (Å²) in [4.78, 5) is 0. The Labute approximate surface area is 102 Å². The number of rotatable bonds is 4. The average molecular weight is 400 g/mol. The highest BCUT2D eigenvalue weighted by molar-refractivity contribution is 14.1. The second-order valence-electron chi connectivity index (χ2n) is 3.02. The number of aliphatic hydroxyl groups is 2. The van der Waals surface area contributed by atoms with E-state index < -0.39 is 5.60 Å². The summed E-state index contributed by atoms with van der Waals surface area (Å²) in [5, 5.41) is 17.1. The number of hydrogen-bond acceptors (Lipinski definition) is 2. The van der Waals surface area contributed by atoms with Crippen LogP contribution in [-0.2, 0) is 0 Å². The summed E-state index contributed by atoms with van der Waals surface area (Å²) in [7, 11) is 0. The minimum atomic E-state index is -0.457. The fraction of sp³-hybridized carbons (Fsp3) is 1.00. The lowest BCUT2D eigenvalue weighted by Gasteiger charge is -2.13. The van der Waals surface area contributed by atoms with Crippen LogP contribution in [0.15, 0.2) is 0 Å². The Balaban J connectivity index is 0. The molecule has 4 heteroatoms. The number of halogens is 2. The van der Waals surface area contributed by atoms with E-state index in [9.17, 15) is 0 Å². The van der Waals surface area contributed by atoms with Crippen molar-refractivity contribution >= 4 is 45.2 Å². The molecule has 2 nitrogen and oxygen atoms in total. The molecule has 0 aliphatic heterocycles. The van der Waals surface area contributed by atoms with Crippen LogP contribution in [0.3, 0.4) is 0 Å². The first kappa shape index (κ1) is 15.8. The average Bonchev–Trinajstić information content (AvgIpc) is 1.87. The smallest absolute Gasteiger partial charge is 0.0599 e. The van der Waals surface area contributed by atoms with E-state index in [0.717, 1.165) is 21.7 Å². The first-order chi connectivity index (χ1) is 5.47. The van der Waals surface area contributed by atoms with Crippen LogP contribution in [-0.4, -0.2) is 31.3 Å². The Morgan fingerprint density at radius 2 is 1.67 bits per heavy atom. The van der Waals surface area contributed by atoms with Crippen molar-refractivity contribution in [3.8, 4) is 0 Å². The summed E-state index contributed by atoms with van der Waals surface area (Å²) >= 11 is 4.48. The molecule has 0 bridgehead atoms. The van der Waals surface area contributed by atoms with Gasteiger partial charge in [-0.15, -0.1) is 0 Å². The molecule has 12 heavy (non-hydrogen) atoms. The Bertz CT molecular complexity index is 79.6. The highest BCUT2D eigenvalue weighted by atomic mass is 127. The maximum atomic E-state index is 9.01. The number of alkyl halides is 2. The Hall–Kier alpha value is 1.38. The van der Waals surface area contributed by atoms with Gasteiger partial charge in [0.15, 0.2) is 0 Å². The second kappa shape index (κ2) is 10.5. The molecule has 0 fully saturated rings. The van der Waals surface area contributed by atoms with Crippen LogP contribution in [0.1, 0.15) is 26.7 Å². The third-order valence-electron chi connectivity index (χ3n) is 0.998. The van der Waals surface area contributed by atoms with Gasteiger partial charge in [-0.2, -0.15) is 0 Å². The minimum absolute atomic E-state index is 0.336. The van der Waals surface area contributed by atoms with Gasteiger partial charge in [0.2, 0.25) is 0 Å². The molecule has 0 saturated heterocycles. The van der Waals surface area contributed by atoms with Crippen LogP contribution in [0.4, 0.5) is 0 Å². The molecule has 0 aliphatic rings. The fourth-order valence-corrected chi connectivity index (χ4v) is 1.95. The zero-order chi connectivity index (χ0) is 10.0. The first-order valence-electron chi connectivity index (χ1n) is 3.93. The number of hydrogen-bond donors (Lipinski definition) is 2. The van der Waals surface area contributed by atoms with Gasteiger partial charge in [-0.1, -0.05) is 45.2 Å². The molecular formula is C8H18I2O2. The van der Waals surface area contributed by atoms with E-state index in [1.807, 2.05) is 13.8 Å². The van der Waals surface area contributed by atoms with Crippen molar-refractivity contribution in [2.75, 3.05) is 15.5 Å². The molecule has 0 aromatic rings. The summed E-state index contributed by atoms with van der Waals surface area (Å²) in [5.74, 6) is 0. The summed E-state index contributed by atoms with van der Waals surface area (Å²) in [6.45, 7) is 3.99. The SMILES string of the molecule is CC(C)(O)CCI.OCCCI. The highest BCUT2D eigenvalue weighted by Gasteiger charge is 2.09. The maximum absolute atomic E-state index is 9.01. The third-order valence-corrected chi connectivity index (χ3v) is 2.30. The van der Waals surface area contributed by atoms with Crippen LogP contribution in [0.25, 0.3) is 0 Å². The van der Waals surface area contributed by atoms with Crippen LogP contribution in [0.5, 0.6) is 0 Å². The standard InChI is InChI=1S/C5H11IO.C3H7IO/c1-5(2,7)3-4-6;4-2-1-3-5/h7H,3-4H2,1-2H3;5H,1-3H2. The van der Waals surface area contributed by atoms with Gasteiger partial charge in [0, 0.05) is 15.5 Å². The van der Waals surface area contributed by atoms with Crippen molar-refractivity contribution in [2.24, 2.45) is 0 Å². The van der Waals surface area contributed by atoms with Crippen molar-refractivity contribution in [3.05, 3.63) is 0 Å². The zero-order valence-electron chi connectivity index (χ0n) is 7.69. The van der Waals surface area contributed by atoms with Gasteiger partial charge < -0.3 is 10.2 Å². The second-order valence-corrected chi connectivity index (χ2v) is 5.18. The molecule has 0 saturated carbocycles. The molecule has 0 spiro atoms. The maximum Gasteiger partial charge on any atom is 0.0599 e. The van der Waals surface area contributed by atoms with Crippen LogP contribution in [0.2, 0.25) is 0 Å². The van der Waals surface area contributed by atoms with E-state index in [-0.39, 0.29) is 0 Å². The zero-order valence-corrected chi connectivity index (χ0v) is 12.0. The van der Waals surface area contributed by atoms with E-state index >= 15 is 0 Å². The van der Waals surface area contributed by atoms with E-state index in [1.54, 1.807) is 0 Å². The van der Waals surface area contributed by atoms with Gasteiger partial charge in [-0.3, -0.25) is 0 Å². The highest BCUT2D eigenvalue weighted by Crippen LogP contribution is 2.07. The lowest BCUT2D eigenvalue weighted by atomic mass is 10.1. The molecule has 0 unspecified atom stereocenters. The molecule has 0 aromatic heterocycles.